The standard InChI is InChI=1S/C11H20N2O/c1-4-10-9(7-8(2)3)13-11(14-10)5-6-12/h8H,4-7,12H2,1-3H3. The van der Waals surface area contributed by atoms with Gasteiger partial charge in [-0.3, -0.25) is 0 Å². The van der Waals surface area contributed by atoms with Crippen LogP contribution in [-0.2, 0) is 19.3 Å². The SMILES string of the molecule is CCc1oc(CCN)nc1CC(C)C. The zero-order valence-electron chi connectivity index (χ0n) is 9.34. The minimum Gasteiger partial charge on any atom is -0.445 e. The highest BCUT2D eigenvalue weighted by molar-refractivity contribution is 5.10. The van der Waals surface area contributed by atoms with Gasteiger partial charge >= 0.3 is 0 Å². The molecule has 1 aromatic rings. The van der Waals surface area contributed by atoms with Gasteiger partial charge < -0.3 is 10.2 Å². The van der Waals surface area contributed by atoms with Crippen LogP contribution in [0.15, 0.2) is 4.42 Å². The van der Waals surface area contributed by atoms with Crippen molar-refractivity contribution < 1.29 is 4.42 Å². The number of hydrogen-bond acceptors (Lipinski definition) is 3. The first-order valence-electron chi connectivity index (χ1n) is 5.34. The van der Waals surface area contributed by atoms with E-state index in [1.54, 1.807) is 0 Å². The van der Waals surface area contributed by atoms with E-state index in [1.165, 1.54) is 0 Å². The maximum atomic E-state index is 5.61. The van der Waals surface area contributed by atoms with Gasteiger partial charge in [-0.05, 0) is 12.3 Å². The Kier molecular flexibility index (Phi) is 4.14. The van der Waals surface area contributed by atoms with Crippen LogP contribution in [0, 0.1) is 5.92 Å². The van der Waals surface area contributed by atoms with Crippen molar-refractivity contribution in [2.45, 2.75) is 40.0 Å². The Bertz CT molecular complexity index is 279. The van der Waals surface area contributed by atoms with Crippen LogP contribution in [0.3, 0.4) is 0 Å². The Hall–Kier alpha value is -0.830. The van der Waals surface area contributed by atoms with E-state index in [0.29, 0.717) is 12.5 Å². The summed E-state index contributed by atoms with van der Waals surface area (Å²) >= 11 is 0. The van der Waals surface area contributed by atoms with E-state index in [0.717, 1.165) is 36.6 Å². The molecule has 0 atom stereocenters. The van der Waals surface area contributed by atoms with Crippen molar-refractivity contribution >= 4 is 0 Å². The number of aromatic nitrogens is 1. The van der Waals surface area contributed by atoms with Gasteiger partial charge in [0.2, 0.25) is 0 Å². The summed E-state index contributed by atoms with van der Waals surface area (Å²) in [5.41, 5.74) is 6.58. The number of hydrogen-bond donors (Lipinski definition) is 1. The molecule has 0 aliphatic rings. The molecule has 3 heteroatoms. The molecule has 2 N–H and O–H groups in total. The first-order valence-corrected chi connectivity index (χ1v) is 5.34. The maximum Gasteiger partial charge on any atom is 0.195 e. The Balaban J connectivity index is 2.79. The van der Waals surface area contributed by atoms with Gasteiger partial charge in [0, 0.05) is 19.4 Å². The molecular weight excluding hydrogens is 176 g/mol. The average molecular weight is 196 g/mol. The third-order valence-corrected chi connectivity index (χ3v) is 2.10. The summed E-state index contributed by atoms with van der Waals surface area (Å²) in [7, 11) is 0. The lowest BCUT2D eigenvalue weighted by Crippen LogP contribution is -2.03. The molecule has 1 heterocycles. The zero-order chi connectivity index (χ0) is 10.6. The van der Waals surface area contributed by atoms with Crippen molar-refractivity contribution in [2.75, 3.05) is 6.54 Å². The van der Waals surface area contributed by atoms with Crippen molar-refractivity contribution in [3.05, 3.63) is 17.3 Å². The molecule has 1 rings (SSSR count). The third kappa shape index (κ3) is 2.84. The number of nitrogens with zero attached hydrogens (tertiary/aromatic N) is 1. The van der Waals surface area contributed by atoms with Gasteiger partial charge in [-0.2, -0.15) is 0 Å². The van der Waals surface area contributed by atoms with Gasteiger partial charge in [-0.1, -0.05) is 20.8 Å². The summed E-state index contributed by atoms with van der Waals surface area (Å²) in [6, 6.07) is 0. The highest BCUT2D eigenvalue weighted by Crippen LogP contribution is 2.16. The van der Waals surface area contributed by atoms with E-state index in [1.807, 2.05) is 0 Å². The fraction of sp³-hybridized carbons (Fsp3) is 0.727. The number of aryl methyl sites for hydroxylation is 1. The van der Waals surface area contributed by atoms with E-state index in [9.17, 15) is 0 Å². The summed E-state index contributed by atoms with van der Waals surface area (Å²) < 4.78 is 5.61. The molecule has 0 aliphatic heterocycles. The van der Waals surface area contributed by atoms with Crippen LogP contribution >= 0.6 is 0 Å². The molecule has 0 saturated heterocycles. The van der Waals surface area contributed by atoms with Crippen molar-refractivity contribution in [1.82, 2.24) is 4.98 Å². The predicted octanol–water partition coefficient (Wildman–Crippen LogP) is 1.94. The molecule has 0 spiro atoms. The summed E-state index contributed by atoms with van der Waals surface area (Å²) in [6.07, 6.45) is 2.65. The van der Waals surface area contributed by atoms with Crippen LogP contribution < -0.4 is 5.73 Å². The Morgan fingerprint density at radius 3 is 2.64 bits per heavy atom. The highest BCUT2D eigenvalue weighted by Gasteiger charge is 2.12. The molecule has 80 valence electrons. The van der Waals surface area contributed by atoms with Crippen molar-refractivity contribution in [3.8, 4) is 0 Å². The van der Waals surface area contributed by atoms with E-state index >= 15 is 0 Å². The quantitative estimate of drug-likeness (QED) is 0.783. The molecule has 1 aromatic heterocycles. The second-order valence-electron chi connectivity index (χ2n) is 3.97. The Labute approximate surface area is 85.7 Å². The normalized spacial score (nSPS) is 11.2. The Morgan fingerprint density at radius 2 is 2.14 bits per heavy atom. The van der Waals surface area contributed by atoms with Crippen molar-refractivity contribution in [3.63, 3.8) is 0 Å². The van der Waals surface area contributed by atoms with Gasteiger partial charge in [-0.25, -0.2) is 4.98 Å². The van der Waals surface area contributed by atoms with Crippen LogP contribution in [-0.4, -0.2) is 11.5 Å². The van der Waals surface area contributed by atoms with Crippen LogP contribution in [0.25, 0.3) is 0 Å². The van der Waals surface area contributed by atoms with Gasteiger partial charge in [0.05, 0.1) is 5.69 Å². The first kappa shape index (κ1) is 11.2. The van der Waals surface area contributed by atoms with E-state index in [2.05, 4.69) is 25.8 Å². The van der Waals surface area contributed by atoms with Crippen LogP contribution in [0.5, 0.6) is 0 Å². The zero-order valence-corrected chi connectivity index (χ0v) is 9.34. The smallest absolute Gasteiger partial charge is 0.195 e. The largest absolute Gasteiger partial charge is 0.445 e. The molecule has 0 aromatic carbocycles. The molecule has 3 nitrogen and oxygen atoms in total. The number of oxazole rings is 1. The topological polar surface area (TPSA) is 52.0 Å². The molecule has 0 bridgehead atoms. The number of nitrogens with two attached hydrogens (primary N) is 1. The molecule has 0 fully saturated rings. The second kappa shape index (κ2) is 5.15. The third-order valence-electron chi connectivity index (χ3n) is 2.10. The van der Waals surface area contributed by atoms with E-state index in [-0.39, 0.29) is 0 Å². The molecule has 0 radical (unpaired) electrons. The molecule has 0 aliphatic carbocycles. The van der Waals surface area contributed by atoms with Crippen molar-refractivity contribution in [2.24, 2.45) is 11.7 Å². The summed E-state index contributed by atoms with van der Waals surface area (Å²) in [4.78, 5) is 4.46. The summed E-state index contributed by atoms with van der Waals surface area (Å²) in [5.74, 6) is 2.44. The lowest BCUT2D eigenvalue weighted by atomic mass is 10.1. The molecule has 0 saturated carbocycles. The Morgan fingerprint density at radius 1 is 1.43 bits per heavy atom. The van der Waals surface area contributed by atoms with Gasteiger partial charge in [-0.15, -0.1) is 0 Å². The fourth-order valence-corrected chi connectivity index (χ4v) is 1.49. The van der Waals surface area contributed by atoms with Gasteiger partial charge in [0.1, 0.15) is 5.76 Å². The van der Waals surface area contributed by atoms with Crippen molar-refractivity contribution in [1.29, 1.82) is 0 Å². The van der Waals surface area contributed by atoms with Crippen LogP contribution in [0.1, 0.15) is 38.1 Å². The van der Waals surface area contributed by atoms with Gasteiger partial charge in [0.25, 0.3) is 0 Å². The minimum atomic E-state index is 0.602. The monoisotopic (exact) mass is 196 g/mol. The van der Waals surface area contributed by atoms with Crippen LogP contribution in [0.2, 0.25) is 0 Å². The summed E-state index contributed by atoms with van der Waals surface area (Å²) in [5, 5.41) is 0. The lowest BCUT2D eigenvalue weighted by Gasteiger charge is -2.01. The predicted molar refractivity (Wildman–Crippen MR) is 57.2 cm³/mol. The second-order valence-corrected chi connectivity index (χ2v) is 3.97. The van der Waals surface area contributed by atoms with Crippen LogP contribution in [0.4, 0.5) is 0 Å². The minimum absolute atomic E-state index is 0.602. The first-order chi connectivity index (χ1) is 6.67. The van der Waals surface area contributed by atoms with Gasteiger partial charge in [0.15, 0.2) is 5.89 Å². The average Bonchev–Trinajstić information content (AvgIpc) is 2.47. The fourth-order valence-electron chi connectivity index (χ4n) is 1.49. The molecule has 14 heavy (non-hydrogen) atoms. The van der Waals surface area contributed by atoms with E-state index < -0.39 is 0 Å². The maximum absolute atomic E-state index is 5.61. The molecule has 0 amide bonds. The summed E-state index contributed by atoms with van der Waals surface area (Å²) in [6.45, 7) is 7.08. The van der Waals surface area contributed by atoms with E-state index in [4.69, 9.17) is 10.2 Å². The molecular formula is C11H20N2O. The molecule has 0 unspecified atom stereocenters. The highest BCUT2D eigenvalue weighted by atomic mass is 16.4. The lowest BCUT2D eigenvalue weighted by molar-refractivity contribution is 0.457. The number of rotatable bonds is 5.